The number of rotatable bonds is 2. The summed E-state index contributed by atoms with van der Waals surface area (Å²) in [4.78, 5) is 0. The average molecular weight is 350 g/mol. The molecule has 0 aliphatic heterocycles. The highest BCUT2D eigenvalue weighted by atomic mass is 79.9. The maximum Gasteiger partial charge on any atom is 0.137 e. The van der Waals surface area contributed by atoms with Gasteiger partial charge in [-0.05, 0) is 102 Å². The predicted octanol–water partition coefficient (Wildman–Crippen LogP) is 5.18. The molecule has 2 aromatic carbocycles. The summed E-state index contributed by atoms with van der Waals surface area (Å²) in [5, 5.41) is 0. The Bertz CT molecular complexity index is 678. The molecule has 0 spiro atoms. The van der Waals surface area contributed by atoms with Crippen molar-refractivity contribution in [2.75, 3.05) is 0 Å². The molecular formula is C18H21BrFN. The quantitative estimate of drug-likeness (QED) is 0.794. The molecular weight excluding hydrogens is 329 g/mol. The molecule has 0 radical (unpaired) electrons. The maximum atomic E-state index is 13.8. The minimum Gasteiger partial charge on any atom is -0.320 e. The third-order valence-corrected chi connectivity index (χ3v) is 5.31. The van der Waals surface area contributed by atoms with Crippen LogP contribution in [0.4, 0.5) is 4.39 Å². The third-order valence-electron chi connectivity index (χ3n) is 4.67. The van der Waals surface area contributed by atoms with Crippen LogP contribution >= 0.6 is 15.9 Å². The molecule has 0 saturated carbocycles. The fourth-order valence-electron chi connectivity index (χ4n) is 2.87. The topological polar surface area (TPSA) is 26.0 Å². The lowest BCUT2D eigenvalue weighted by Crippen LogP contribution is -2.17. The molecule has 2 rings (SSSR count). The zero-order valence-corrected chi connectivity index (χ0v) is 14.7. The molecule has 0 bridgehead atoms. The second kappa shape index (κ2) is 5.90. The van der Waals surface area contributed by atoms with Gasteiger partial charge in [0.05, 0.1) is 10.5 Å². The monoisotopic (exact) mass is 349 g/mol. The highest BCUT2D eigenvalue weighted by Gasteiger charge is 2.19. The van der Waals surface area contributed by atoms with Crippen molar-refractivity contribution in [1.82, 2.24) is 0 Å². The van der Waals surface area contributed by atoms with Gasteiger partial charge in [-0.3, -0.25) is 0 Å². The number of nitrogens with two attached hydrogens (primary N) is 1. The molecule has 3 heteroatoms. The highest BCUT2D eigenvalue weighted by molar-refractivity contribution is 9.10. The summed E-state index contributed by atoms with van der Waals surface area (Å²) >= 11 is 3.18. The Balaban J connectivity index is 2.63. The summed E-state index contributed by atoms with van der Waals surface area (Å²) in [6.45, 7) is 10.6. The van der Waals surface area contributed by atoms with Gasteiger partial charge in [0.2, 0.25) is 0 Å². The van der Waals surface area contributed by atoms with Gasteiger partial charge in [0.15, 0.2) is 0 Å². The molecule has 21 heavy (non-hydrogen) atoms. The lowest BCUT2D eigenvalue weighted by atomic mass is 9.84. The van der Waals surface area contributed by atoms with Gasteiger partial charge in [0.1, 0.15) is 5.82 Å². The third kappa shape index (κ3) is 2.77. The maximum absolute atomic E-state index is 13.8. The molecule has 0 fully saturated rings. The van der Waals surface area contributed by atoms with Crippen LogP contribution in [0.1, 0.15) is 45.0 Å². The minimum absolute atomic E-state index is 0.279. The van der Waals surface area contributed by atoms with E-state index in [-0.39, 0.29) is 11.9 Å². The van der Waals surface area contributed by atoms with Gasteiger partial charge in [-0.25, -0.2) is 4.39 Å². The fourth-order valence-corrected chi connectivity index (χ4v) is 3.11. The SMILES string of the molecule is Cc1c(C)c(C)c(C(N)c2ccc(Br)c(F)c2)c(C)c1C. The standard InChI is InChI=1S/C18H21BrFN/c1-9-10(2)12(4)17(13(5)11(9)3)18(21)14-6-7-15(19)16(20)8-14/h6-8,18H,21H2,1-5H3. The van der Waals surface area contributed by atoms with E-state index in [0.29, 0.717) is 4.47 Å². The Morgan fingerprint density at radius 2 is 1.38 bits per heavy atom. The van der Waals surface area contributed by atoms with Crippen molar-refractivity contribution in [3.8, 4) is 0 Å². The van der Waals surface area contributed by atoms with Crippen LogP contribution in [-0.4, -0.2) is 0 Å². The van der Waals surface area contributed by atoms with E-state index in [9.17, 15) is 4.39 Å². The van der Waals surface area contributed by atoms with Crippen LogP contribution in [0, 0.1) is 40.4 Å². The van der Waals surface area contributed by atoms with E-state index in [4.69, 9.17) is 5.73 Å². The Hall–Kier alpha value is -1.19. The van der Waals surface area contributed by atoms with Crippen LogP contribution in [0.2, 0.25) is 0 Å². The van der Waals surface area contributed by atoms with Gasteiger partial charge in [-0.1, -0.05) is 6.07 Å². The lowest BCUT2D eigenvalue weighted by Gasteiger charge is -2.23. The van der Waals surface area contributed by atoms with Crippen molar-refractivity contribution in [3.63, 3.8) is 0 Å². The number of hydrogen-bond acceptors (Lipinski definition) is 1. The van der Waals surface area contributed by atoms with Gasteiger partial charge in [0.25, 0.3) is 0 Å². The van der Waals surface area contributed by atoms with Gasteiger partial charge >= 0.3 is 0 Å². The van der Waals surface area contributed by atoms with E-state index >= 15 is 0 Å². The van der Waals surface area contributed by atoms with E-state index < -0.39 is 0 Å². The first-order chi connectivity index (χ1) is 9.75. The summed E-state index contributed by atoms with van der Waals surface area (Å²) in [7, 11) is 0. The minimum atomic E-state index is -0.314. The number of halogens is 2. The molecule has 0 amide bonds. The lowest BCUT2D eigenvalue weighted by molar-refractivity contribution is 0.616. The summed E-state index contributed by atoms with van der Waals surface area (Å²) in [5.41, 5.74) is 14.6. The zero-order valence-electron chi connectivity index (χ0n) is 13.1. The molecule has 0 aliphatic rings. The molecule has 112 valence electrons. The Morgan fingerprint density at radius 3 is 1.86 bits per heavy atom. The first-order valence-corrected chi connectivity index (χ1v) is 7.82. The van der Waals surface area contributed by atoms with Crippen LogP contribution in [0.15, 0.2) is 22.7 Å². The predicted molar refractivity (Wildman–Crippen MR) is 90.3 cm³/mol. The molecule has 2 N–H and O–H groups in total. The largest absolute Gasteiger partial charge is 0.320 e. The molecule has 0 heterocycles. The molecule has 1 unspecified atom stereocenters. The van der Waals surface area contributed by atoms with Crippen molar-refractivity contribution in [2.45, 2.75) is 40.7 Å². The van der Waals surface area contributed by atoms with Crippen molar-refractivity contribution in [1.29, 1.82) is 0 Å². The van der Waals surface area contributed by atoms with E-state index in [1.807, 2.05) is 6.07 Å². The van der Waals surface area contributed by atoms with Crippen molar-refractivity contribution < 1.29 is 4.39 Å². The number of hydrogen-bond donors (Lipinski definition) is 1. The molecule has 1 nitrogen and oxygen atoms in total. The highest BCUT2D eigenvalue weighted by Crippen LogP contribution is 2.33. The van der Waals surface area contributed by atoms with E-state index in [1.54, 1.807) is 6.07 Å². The second-order valence-electron chi connectivity index (χ2n) is 5.69. The van der Waals surface area contributed by atoms with E-state index in [2.05, 4.69) is 50.5 Å². The summed E-state index contributed by atoms with van der Waals surface area (Å²) < 4.78 is 14.2. The van der Waals surface area contributed by atoms with E-state index in [0.717, 1.165) is 11.1 Å². The van der Waals surface area contributed by atoms with Crippen LogP contribution in [0.5, 0.6) is 0 Å². The Labute approximate surface area is 134 Å². The van der Waals surface area contributed by atoms with Gasteiger partial charge < -0.3 is 5.73 Å². The zero-order chi connectivity index (χ0) is 15.9. The van der Waals surface area contributed by atoms with E-state index in [1.165, 1.54) is 33.9 Å². The normalized spacial score (nSPS) is 12.6. The smallest absolute Gasteiger partial charge is 0.137 e. The van der Waals surface area contributed by atoms with Crippen molar-refractivity contribution >= 4 is 15.9 Å². The Kier molecular flexibility index (Phi) is 4.54. The van der Waals surface area contributed by atoms with Crippen LogP contribution in [0.3, 0.4) is 0 Å². The Morgan fingerprint density at radius 1 is 0.905 bits per heavy atom. The van der Waals surface area contributed by atoms with Gasteiger partial charge in [-0.15, -0.1) is 0 Å². The number of benzene rings is 2. The van der Waals surface area contributed by atoms with Crippen LogP contribution in [-0.2, 0) is 0 Å². The second-order valence-corrected chi connectivity index (χ2v) is 6.54. The van der Waals surface area contributed by atoms with Crippen molar-refractivity contribution in [3.05, 3.63) is 67.4 Å². The summed E-state index contributed by atoms with van der Waals surface area (Å²) in [5.74, 6) is -0.279. The van der Waals surface area contributed by atoms with Crippen molar-refractivity contribution in [2.24, 2.45) is 5.73 Å². The van der Waals surface area contributed by atoms with Crippen LogP contribution < -0.4 is 5.73 Å². The fraction of sp³-hybridized carbons (Fsp3) is 0.333. The molecule has 2 aromatic rings. The van der Waals surface area contributed by atoms with Gasteiger partial charge in [-0.2, -0.15) is 0 Å². The average Bonchev–Trinajstić information content (AvgIpc) is 2.46. The molecule has 1 atom stereocenters. The first kappa shape index (κ1) is 16.2. The van der Waals surface area contributed by atoms with Crippen LogP contribution in [0.25, 0.3) is 0 Å². The summed E-state index contributed by atoms with van der Waals surface area (Å²) in [6.07, 6.45) is 0. The van der Waals surface area contributed by atoms with Gasteiger partial charge in [0, 0.05) is 0 Å². The molecule has 0 aromatic heterocycles. The molecule has 0 aliphatic carbocycles. The molecule has 0 saturated heterocycles. The first-order valence-electron chi connectivity index (χ1n) is 7.03. The summed E-state index contributed by atoms with van der Waals surface area (Å²) in [6, 6.07) is 4.79.